The molecule has 0 aromatic carbocycles. The molecule has 0 aliphatic rings. The number of nitrogens with two attached hydrogens (primary N) is 1. The van der Waals surface area contributed by atoms with E-state index >= 15 is 0 Å². The van der Waals surface area contributed by atoms with E-state index in [4.69, 9.17) is 5.73 Å². The van der Waals surface area contributed by atoms with E-state index < -0.39 is 0 Å². The zero-order valence-electron chi connectivity index (χ0n) is 9.97. The van der Waals surface area contributed by atoms with Crippen molar-refractivity contribution in [2.75, 3.05) is 6.54 Å². The summed E-state index contributed by atoms with van der Waals surface area (Å²) in [6.45, 7) is 15.2. The highest BCUT2D eigenvalue weighted by atomic mass is 14.6. The Morgan fingerprint density at radius 3 is 2.50 bits per heavy atom. The Hall–Kier alpha value is -0.560. The van der Waals surface area contributed by atoms with Crippen LogP contribution in [0.3, 0.4) is 0 Å². The van der Waals surface area contributed by atoms with Gasteiger partial charge in [0, 0.05) is 0 Å². The first-order valence-electron chi connectivity index (χ1n) is 5.41. The molecule has 1 atom stereocenters. The normalized spacial score (nSPS) is 13.7. The van der Waals surface area contributed by atoms with Crippen molar-refractivity contribution >= 4 is 0 Å². The maximum absolute atomic E-state index is 5.74. The van der Waals surface area contributed by atoms with Crippen LogP contribution in [0.25, 0.3) is 0 Å². The average molecular weight is 195 g/mol. The van der Waals surface area contributed by atoms with Gasteiger partial charge in [0.25, 0.3) is 0 Å². The van der Waals surface area contributed by atoms with E-state index in [1.54, 1.807) is 0 Å². The molecule has 0 aliphatic heterocycles. The Balaban J connectivity index is 3.98. The van der Waals surface area contributed by atoms with Crippen molar-refractivity contribution < 1.29 is 0 Å². The lowest BCUT2D eigenvalue weighted by Crippen LogP contribution is -2.30. The van der Waals surface area contributed by atoms with Crippen molar-refractivity contribution in [3.63, 3.8) is 0 Å². The Labute approximate surface area is 89.1 Å². The third-order valence-corrected chi connectivity index (χ3v) is 3.16. The number of hydrogen-bond donors (Lipinski definition) is 1. The maximum Gasteiger partial charge on any atom is -0.00232 e. The summed E-state index contributed by atoms with van der Waals surface area (Å²) in [5.74, 6) is 0.602. The van der Waals surface area contributed by atoms with Gasteiger partial charge in [0.15, 0.2) is 0 Å². The van der Waals surface area contributed by atoms with Gasteiger partial charge in [-0.15, -0.1) is 6.58 Å². The minimum Gasteiger partial charge on any atom is -0.330 e. The second-order valence-electron chi connectivity index (χ2n) is 4.88. The van der Waals surface area contributed by atoms with Crippen LogP contribution in [0.5, 0.6) is 0 Å². The average Bonchev–Trinajstić information content (AvgIpc) is 2.14. The monoisotopic (exact) mass is 195 g/mol. The van der Waals surface area contributed by atoms with Gasteiger partial charge in [-0.1, -0.05) is 39.0 Å². The van der Waals surface area contributed by atoms with E-state index in [9.17, 15) is 0 Å². The Bertz CT molecular complexity index is 191. The van der Waals surface area contributed by atoms with Crippen LogP contribution in [-0.4, -0.2) is 6.54 Å². The van der Waals surface area contributed by atoms with Gasteiger partial charge in [-0.25, -0.2) is 0 Å². The van der Waals surface area contributed by atoms with E-state index in [2.05, 4.69) is 33.9 Å². The highest BCUT2D eigenvalue weighted by Crippen LogP contribution is 2.30. The minimum absolute atomic E-state index is 0.219. The number of hydrogen-bond acceptors (Lipinski definition) is 1. The lowest BCUT2D eigenvalue weighted by atomic mass is 9.76. The molecule has 1 heteroatoms. The largest absolute Gasteiger partial charge is 0.330 e. The van der Waals surface area contributed by atoms with Gasteiger partial charge in [-0.05, 0) is 37.1 Å². The van der Waals surface area contributed by atoms with Crippen LogP contribution in [0.2, 0.25) is 0 Å². The van der Waals surface area contributed by atoms with Crippen LogP contribution in [0, 0.1) is 11.3 Å². The summed E-state index contributed by atoms with van der Waals surface area (Å²) in [5, 5.41) is 0. The van der Waals surface area contributed by atoms with Crippen LogP contribution < -0.4 is 5.73 Å². The van der Waals surface area contributed by atoms with E-state index in [0.29, 0.717) is 5.92 Å². The van der Waals surface area contributed by atoms with E-state index in [-0.39, 0.29) is 5.41 Å². The quantitative estimate of drug-likeness (QED) is 0.618. The molecule has 0 fully saturated rings. The first kappa shape index (κ1) is 13.4. The predicted molar refractivity (Wildman–Crippen MR) is 65.2 cm³/mol. The van der Waals surface area contributed by atoms with E-state index in [1.807, 2.05) is 6.08 Å². The van der Waals surface area contributed by atoms with E-state index in [0.717, 1.165) is 25.8 Å². The third kappa shape index (κ3) is 4.61. The molecule has 0 saturated heterocycles. The van der Waals surface area contributed by atoms with Crippen molar-refractivity contribution in [1.29, 1.82) is 0 Å². The molecule has 0 aromatic rings. The molecule has 82 valence electrons. The van der Waals surface area contributed by atoms with Gasteiger partial charge in [-0.3, -0.25) is 0 Å². The van der Waals surface area contributed by atoms with Gasteiger partial charge < -0.3 is 5.73 Å². The standard InChI is InChI=1S/C13H25N/c1-6-7-8-11(2)9-12(3)13(4,5)10-14/h6,12H,1-2,7-10,14H2,3-5H3. The van der Waals surface area contributed by atoms with Gasteiger partial charge in [-0.2, -0.15) is 0 Å². The molecule has 0 aliphatic carbocycles. The van der Waals surface area contributed by atoms with Crippen LogP contribution in [0.15, 0.2) is 24.8 Å². The van der Waals surface area contributed by atoms with Crippen LogP contribution >= 0.6 is 0 Å². The molecule has 0 aromatic heterocycles. The van der Waals surface area contributed by atoms with Gasteiger partial charge in [0.1, 0.15) is 0 Å². The molecule has 0 heterocycles. The molecular weight excluding hydrogens is 170 g/mol. The smallest absolute Gasteiger partial charge is 0.00232 e. The lowest BCUT2D eigenvalue weighted by molar-refractivity contribution is 0.238. The maximum atomic E-state index is 5.74. The van der Waals surface area contributed by atoms with Crippen LogP contribution in [0.1, 0.15) is 40.0 Å². The topological polar surface area (TPSA) is 26.0 Å². The highest BCUT2D eigenvalue weighted by molar-refractivity contribution is 4.99. The zero-order chi connectivity index (χ0) is 11.2. The summed E-state index contributed by atoms with van der Waals surface area (Å²) in [4.78, 5) is 0. The molecule has 0 bridgehead atoms. The zero-order valence-corrected chi connectivity index (χ0v) is 9.97. The van der Waals surface area contributed by atoms with Gasteiger partial charge in [0.2, 0.25) is 0 Å². The summed E-state index contributed by atoms with van der Waals surface area (Å²) in [6.07, 6.45) is 5.13. The Morgan fingerprint density at radius 2 is 2.07 bits per heavy atom. The summed E-state index contributed by atoms with van der Waals surface area (Å²) in [5.41, 5.74) is 7.28. The number of allylic oxidation sites excluding steroid dienone is 2. The van der Waals surface area contributed by atoms with Gasteiger partial charge in [0.05, 0.1) is 0 Å². The third-order valence-electron chi connectivity index (χ3n) is 3.16. The van der Waals surface area contributed by atoms with Crippen LogP contribution in [0.4, 0.5) is 0 Å². The number of rotatable bonds is 7. The molecule has 0 saturated carbocycles. The van der Waals surface area contributed by atoms with Crippen LogP contribution in [-0.2, 0) is 0 Å². The summed E-state index contributed by atoms with van der Waals surface area (Å²) < 4.78 is 0. The summed E-state index contributed by atoms with van der Waals surface area (Å²) in [7, 11) is 0. The highest BCUT2D eigenvalue weighted by Gasteiger charge is 2.24. The molecule has 14 heavy (non-hydrogen) atoms. The fourth-order valence-electron chi connectivity index (χ4n) is 1.32. The Morgan fingerprint density at radius 1 is 1.50 bits per heavy atom. The molecule has 0 spiro atoms. The molecule has 1 unspecified atom stereocenters. The lowest BCUT2D eigenvalue weighted by Gasteiger charge is -2.30. The molecule has 0 rings (SSSR count). The van der Waals surface area contributed by atoms with E-state index in [1.165, 1.54) is 5.57 Å². The van der Waals surface area contributed by atoms with Crippen molar-refractivity contribution in [2.24, 2.45) is 17.1 Å². The van der Waals surface area contributed by atoms with Crippen molar-refractivity contribution in [3.8, 4) is 0 Å². The SMILES string of the molecule is C=CCCC(=C)CC(C)C(C)(C)CN. The summed E-state index contributed by atoms with van der Waals surface area (Å²) in [6, 6.07) is 0. The second kappa shape index (κ2) is 6.02. The molecule has 2 N–H and O–H groups in total. The minimum atomic E-state index is 0.219. The molecule has 0 radical (unpaired) electrons. The fourth-order valence-corrected chi connectivity index (χ4v) is 1.32. The Kier molecular flexibility index (Phi) is 5.78. The first-order valence-corrected chi connectivity index (χ1v) is 5.41. The molecule has 1 nitrogen and oxygen atoms in total. The molecule has 0 amide bonds. The summed E-state index contributed by atoms with van der Waals surface area (Å²) >= 11 is 0. The fraction of sp³-hybridized carbons (Fsp3) is 0.692. The van der Waals surface area contributed by atoms with Gasteiger partial charge >= 0.3 is 0 Å². The second-order valence-corrected chi connectivity index (χ2v) is 4.88. The van der Waals surface area contributed by atoms with Crippen molar-refractivity contribution in [2.45, 2.75) is 40.0 Å². The predicted octanol–water partition coefficient (Wildman–Crippen LogP) is 3.52. The first-order chi connectivity index (χ1) is 6.44. The van der Waals surface area contributed by atoms with Crippen molar-refractivity contribution in [3.05, 3.63) is 24.8 Å². The van der Waals surface area contributed by atoms with Crippen molar-refractivity contribution in [1.82, 2.24) is 0 Å². The molecular formula is C13H25N.